The van der Waals surface area contributed by atoms with Gasteiger partial charge >= 0.3 is 5.97 Å². The molecule has 6 heteroatoms. The Morgan fingerprint density at radius 2 is 1.76 bits per heavy atom. The summed E-state index contributed by atoms with van der Waals surface area (Å²) in [7, 11) is -3.80. The number of carbonyl (C=O) groups excluding carboxylic acids is 1. The Morgan fingerprint density at radius 1 is 1.07 bits per heavy atom. The van der Waals surface area contributed by atoms with Crippen LogP contribution in [0, 0.1) is 12.8 Å². The van der Waals surface area contributed by atoms with E-state index in [0.29, 0.717) is 30.3 Å². The molecule has 3 rings (SSSR count). The Balaban J connectivity index is 1.83. The highest BCUT2D eigenvalue weighted by Crippen LogP contribution is 2.27. The van der Waals surface area contributed by atoms with Crippen LogP contribution in [0.5, 0.6) is 0 Å². The molecular weight excluding hydrogens is 386 g/mol. The van der Waals surface area contributed by atoms with Gasteiger partial charge < -0.3 is 4.74 Å². The molecule has 0 saturated heterocycles. The van der Waals surface area contributed by atoms with Gasteiger partial charge in [-0.15, -0.1) is 0 Å². The number of rotatable bonds is 7. The molecule has 156 valence electrons. The Morgan fingerprint density at radius 3 is 2.41 bits per heavy atom. The van der Waals surface area contributed by atoms with Gasteiger partial charge in [0.05, 0.1) is 22.8 Å². The van der Waals surface area contributed by atoms with Crippen molar-refractivity contribution in [2.75, 3.05) is 17.5 Å². The van der Waals surface area contributed by atoms with Crippen molar-refractivity contribution in [3.8, 4) is 0 Å². The highest BCUT2D eigenvalue weighted by atomic mass is 32.2. The molecule has 0 atom stereocenters. The van der Waals surface area contributed by atoms with Gasteiger partial charge in [-0.1, -0.05) is 43.5 Å². The largest absolute Gasteiger partial charge is 0.462 e. The standard InChI is InChI=1S/C23H29NO4S/c1-3-24(21-12-8-5-9-13-21)29(26,27)22-16-20(15-14-18(22)2)23(25)28-17-19-10-6-4-7-11-19/h5,8-9,12-16,19H,3-4,6-7,10-11,17H2,1-2H3. The molecule has 0 aliphatic heterocycles. The van der Waals surface area contributed by atoms with Crippen LogP contribution in [0.2, 0.25) is 0 Å². The van der Waals surface area contributed by atoms with Gasteiger partial charge in [0.1, 0.15) is 0 Å². The smallest absolute Gasteiger partial charge is 0.338 e. The second-order valence-electron chi connectivity index (χ2n) is 7.59. The summed E-state index contributed by atoms with van der Waals surface area (Å²) in [6.45, 7) is 4.23. The molecule has 0 bridgehead atoms. The number of ether oxygens (including phenoxy) is 1. The van der Waals surface area contributed by atoms with E-state index in [9.17, 15) is 13.2 Å². The lowest BCUT2D eigenvalue weighted by molar-refractivity contribution is 0.0410. The van der Waals surface area contributed by atoms with Gasteiger partial charge in [0.25, 0.3) is 10.0 Å². The minimum atomic E-state index is -3.80. The van der Waals surface area contributed by atoms with Crippen molar-refractivity contribution in [1.82, 2.24) is 0 Å². The van der Waals surface area contributed by atoms with Gasteiger partial charge in [0.15, 0.2) is 0 Å². The first-order chi connectivity index (χ1) is 13.9. The average molecular weight is 416 g/mol. The number of carbonyl (C=O) groups is 1. The van der Waals surface area contributed by atoms with Crippen LogP contribution >= 0.6 is 0 Å². The van der Waals surface area contributed by atoms with Crippen LogP contribution in [0.15, 0.2) is 53.4 Å². The number of esters is 1. The summed E-state index contributed by atoms with van der Waals surface area (Å²) in [5, 5.41) is 0. The number of anilines is 1. The number of aryl methyl sites for hydroxylation is 1. The molecule has 0 unspecified atom stereocenters. The molecule has 1 aliphatic carbocycles. The van der Waals surface area contributed by atoms with Crippen LogP contribution in [0.4, 0.5) is 5.69 Å². The molecule has 0 radical (unpaired) electrons. The van der Waals surface area contributed by atoms with E-state index >= 15 is 0 Å². The van der Waals surface area contributed by atoms with Crippen LogP contribution < -0.4 is 4.31 Å². The number of nitrogens with zero attached hydrogens (tertiary/aromatic N) is 1. The lowest BCUT2D eigenvalue weighted by Crippen LogP contribution is -2.31. The van der Waals surface area contributed by atoms with E-state index in [-0.39, 0.29) is 10.5 Å². The van der Waals surface area contributed by atoms with E-state index < -0.39 is 16.0 Å². The van der Waals surface area contributed by atoms with Crippen molar-refractivity contribution in [2.45, 2.75) is 50.8 Å². The van der Waals surface area contributed by atoms with Crippen LogP contribution in [0.3, 0.4) is 0 Å². The number of benzene rings is 2. The molecule has 29 heavy (non-hydrogen) atoms. The number of sulfonamides is 1. The number of hydrogen-bond donors (Lipinski definition) is 0. The fourth-order valence-corrected chi connectivity index (χ4v) is 5.57. The van der Waals surface area contributed by atoms with Crippen molar-refractivity contribution in [3.05, 3.63) is 59.7 Å². The maximum Gasteiger partial charge on any atom is 0.338 e. The molecule has 0 heterocycles. The summed E-state index contributed by atoms with van der Waals surface area (Å²) < 4.78 is 33.5. The van der Waals surface area contributed by atoms with Crippen LogP contribution in [0.25, 0.3) is 0 Å². The van der Waals surface area contributed by atoms with Gasteiger partial charge in [-0.05, 0) is 62.4 Å². The third kappa shape index (κ3) is 4.99. The quantitative estimate of drug-likeness (QED) is 0.601. The zero-order valence-corrected chi connectivity index (χ0v) is 18.0. The fraction of sp³-hybridized carbons (Fsp3) is 0.435. The van der Waals surface area contributed by atoms with Crippen LogP contribution in [0.1, 0.15) is 54.9 Å². The molecule has 2 aromatic rings. The van der Waals surface area contributed by atoms with E-state index in [2.05, 4.69) is 0 Å². The summed E-state index contributed by atoms with van der Waals surface area (Å²) in [6, 6.07) is 13.7. The van der Waals surface area contributed by atoms with Crippen LogP contribution in [-0.4, -0.2) is 27.5 Å². The summed E-state index contributed by atoms with van der Waals surface area (Å²) in [4.78, 5) is 12.7. The molecule has 5 nitrogen and oxygen atoms in total. The van der Waals surface area contributed by atoms with E-state index in [0.717, 1.165) is 12.8 Å². The van der Waals surface area contributed by atoms with E-state index in [4.69, 9.17) is 4.74 Å². The predicted molar refractivity (Wildman–Crippen MR) is 115 cm³/mol. The van der Waals surface area contributed by atoms with E-state index in [1.807, 2.05) is 6.07 Å². The highest BCUT2D eigenvalue weighted by molar-refractivity contribution is 7.92. The first-order valence-corrected chi connectivity index (χ1v) is 11.7. The number of para-hydroxylation sites is 1. The molecular formula is C23H29NO4S. The first kappa shape index (κ1) is 21.4. The molecule has 2 aromatic carbocycles. The molecule has 1 fully saturated rings. The van der Waals surface area contributed by atoms with Crippen LogP contribution in [-0.2, 0) is 14.8 Å². The monoisotopic (exact) mass is 415 g/mol. The normalized spacial score (nSPS) is 15.1. The third-order valence-electron chi connectivity index (χ3n) is 5.50. The van der Waals surface area contributed by atoms with Gasteiger partial charge in [0, 0.05) is 6.54 Å². The van der Waals surface area contributed by atoms with Crippen molar-refractivity contribution < 1.29 is 17.9 Å². The first-order valence-electron chi connectivity index (χ1n) is 10.3. The SMILES string of the molecule is CCN(c1ccccc1)S(=O)(=O)c1cc(C(=O)OCC2CCCCC2)ccc1C. The molecule has 0 amide bonds. The summed E-state index contributed by atoms with van der Waals surface area (Å²) in [5.74, 6) is -0.0511. The molecule has 0 N–H and O–H groups in total. The second kappa shape index (κ2) is 9.44. The lowest BCUT2D eigenvalue weighted by atomic mass is 9.90. The zero-order valence-electron chi connectivity index (χ0n) is 17.1. The fourth-order valence-electron chi connectivity index (χ4n) is 3.84. The van der Waals surface area contributed by atoms with E-state index in [1.54, 1.807) is 50.2 Å². The van der Waals surface area contributed by atoms with Gasteiger partial charge in [-0.2, -0.15) is 0 Å². The van der Waals surface area contributed by atoms with Crippen molar-refractivity contribution in [1.29, 1.82) is 0 Å². The summed E-state index contributed by atoms with van der Waals surface area (Å²) >= 11 is 0. The zero-order chi connectivity index (χ0) is 20.9. The maximum absolute atomic E-state index is 13.3. The van der Waals surface area contributed by atoms with Gasteiger partial charge in [0.2, 0.25) is 0 Å². The Bertz CT molecular complexity index is 935. The Labute approximate surface area is 173 Å². The average Bonchev–Trinajstić information content (AvgIpc) is 2.74. The molecule has 1 aliphatic rings. The van der Waals surface area contributed by atoms with Crippen molar-refractivity contribution in [2.24, 2.45) is 5.92 Å². The minimum absolute atomic E-state index is 0.135. The predicted octanol–water partition coefficient (Wildman–Crippen LogP) is 4.95. The maximum atomic E-state index is 13.3. The Hall–Kier alpha value is -2.34. The van der Waals surface area contributed by atoms with Crippen molar-refractivity contribution >= 4 is 21.7 Å². The van der Waals surface area contributed by atoms with E-state index in [1.165, 1.54) is 29.6 Å². The number of hydrogen-bond acceptors (Lipinski definition) is 4. The third-order valence-corrected chi connectivity index (χ3v) is 7.54. The van der Waals surface area contributed by atoms with Gasteiger partial charge in [-0.25, -0.2) is 13.2 Å². The molecule has 0 aromatic heterocycles. The minimum Gasteiger partial charge on any atom is -0.462 e. The molecule has 1 saturated carbocycles. The lowest BCUT2D eigenvalue weighted by Gasteiger charge is -2.24. The summed E-state index contributed by atoms with van der Waals surface area (Å²) in [5.41, 5.74) is 1.47. The second-order valence-corrected chi connectivity index (χ2v) is 9.42. The molecule has 0 spiro atoms. The topological polar surface area (TPSA) is 63.7 Å². The van der Waals surface area contributed by atoms with Crippen molar-refractivity contribution in [3.63, 3.8) is 0 Å². The van der Waals surface area contributed by atoms with Gasteiger partial charge in [-0.3, -0.25) is 4.31 Å². The highest BCUT2D eigenvalue weighted by Gasteiger charge is 2.27. The Kier molecular flexibility index (Phi) is 6.96. The summed E-state index contributed by atoms with van der Waals surface area (Å²) in [6.07, 6.45) is 5.79.